The molecular weight excluding hydrogens is 142 g/mol. The minimum Gasteiger partial charge on any atom is -0.411 e. The molecule has 0 aromatic heterocycles. The van der Waals surface area contributed by atoms with Crippen molar-refractivity contribution in [3.05, 3.63) is 35.4 Å². The summed E-state index contributed by atoms with van der Waals surface area (Å²) in [6, 6.07) is 6.87. The molecule has 1 N–H and O–H groups in total. The summed E-state index contributed by atoms with van der Waals surface area (Å²) in [5.74, 6) is 0. The molecule has 1 aromatic rings. The van der Waals surface area contributed by atoms with Crippen molar-refractivity contribution < 1.29 is 10.0 Å². The van der Waals surface area contributed by atoms with E-state index in [0.29, 0.717) is 11.1 Å². The maximum Gasteiger partial charge on any atom is 0.150 e. The van der Waals surface area contributed by atoms with Gasteiger partial charge in [0.05, 0.1) is 6.21 Å². The van der Waals surface area contributed by atoms with Gasteiger partial charge >= 0.3 is 0 Å². The molecule has 1 rings (SSSR count). The van der Waals surface area contributed by atoms with E-state index < -0.39 is 0 Å². The Bertz CT molecular complexity index is 281. The molecule has 0 aliphatic carbocycles. The first kappa shape index (κ1) is 7.47. The van der Waals surface area contributed by atoms with Gasteiger partial charge in [0.15, 0.2) is 6.29 Å². The molecule has 0 fully saturated rings. The molecule has 11 heavy (non-hydrogen) atoms. The van der Waals surface area contributed by atoms with Crippen LogP contribution in [0.2, 0.25) is 0 Å². The highest BCUT2D eigenvalue weighted by molar-refractivity contribution is 5.91. The van der Waals surface area contributed by atoms with E-state index in [0.717, 1.165) is 6.29 Å². The van der Waals surface area contributed by atoms with Gasteiger partial charge in [-0.2, -0.15) is 0 Å². The molecule has 0 bridgehead atoms. The van der Waals surface area contributed by atoms with Gasteiger partial charge in [-0.3, -0.25) is 4.79 Å². The lowest BCUT2D eigenvalue weighted by Crippen LogP contribution is -1.89. The molecule has 3 heteroatoms. The van der Waals surface area contributed by atoms with Gasteiger partial charge in [0.2, 0.25) is 0 Å². The monoisotopic (exact) mass is 149 g/mol. The van der Waals surface area contributed by atoms with Crippen LogP contribution in [0, 0.1) is 0 Å². The van der Waals surface area contributed by atoms with Gasteiger partial charge in [-0.1, -0.05) is 29.4 Å². The van der Waals surface area contributed by atoms with Crippen LogP contribution >= 0.6 is 0 Å². The first-order chi connectivity index (χ1) is 5.38. The Morgan fingerprint density at radius 2 is 1.91 bits per heavy atom. The van der Waals surface area contributed by atoms with Crippen LogP contribution in [0.15, 0.2) is 29.4 Å². The number of oxime groups is 1. The summed E-state index contributed by atoms with van der Waals surface area (Å²) in [6.07, 6.45) is 1.95. The summed E-state index contributed by atoms with van der Waals surface area (Å²) in [4.78, 5) is 10.4. The molecule has 0 radical (unpaired) electrons. The Hall–Kier alpha value is -1.64. The molecule has 0 amide bonds. The van der Waals surface area contributed by atoms with E-state index in [1.807, 2.05) is 0 Å². The first-order valence-corrected chi connectivity index (χ1v) is 3.10. The van der Waals surface area contributed by atoms with Gasteiger partial charge in [-0.15, -0.1) is 0 Å². The maximum atomic E-state index is 10.4. The highest BCUT2D eigenvalue weighted by Crippen LogP contribution is 2.02. The van der Waals surface area contributed by atoms with Crippen LogP contribution in [-0.4, -0.2) is 17.7 Å². The second kappa shape index (κ2) is 3.51. The lowest BCUT2D eigenvalue weighted by molar-refractivity contribution is 0.112. The summed E-state index contributed by atoms with van der Waals surface area (Å²) >= 11 is 0. The Labute approximate surface area is 64.0 Å². The van der Waals surface area contributed by atoms with Crippen molar-refractivity contribution in [2.75, 3.05) is 0 Å². The molecule has 3 nitrogen and oxygen atoms in total. The molecule has 0 atom stereocenters. The number of rotatable bonds is 2. The standard InChI is InChI=1S/C8H7NO2/c10-6-8-4-2-1-3-7(8)5-9-11/h1-6,11H/b9-5-. The number of aldehydes is 1. The molecular formula is C8H7NO2. The van der Waals surface area contributed by atoms with Gasteiger partial charge in [0, 0.05) is 11.1 Å². The Balaban J connectivity index is 3.11. The van der Waals surface area contributed by atoms with Gasteiger partial charge in [-0.05, 0) is 0 Å². The van der Waals surface area contributed by atoms with Gasteiger partial charge in [0.1, 0.15) is 0 Å². The van der Waals surface area contributed by atoms with E-state index in [4.69, 9.17) is 5.21 Å². The van der Waals surface area contributed by atoms with Crippen LogP contribution < -0.4 is 0 Å². The quantitative estimate of drug-likeness (QED) is 0.298. The smallest absolute Gasteiger partial charge is 0.150 e. The zero-order valence-corrected chi connectivity index (χ0v) is 5.77. The lowest BCUT2D eigenvalue weighted by atomic mass is 10.1. The fraction of sp³-hybridized carbons (Fsp3) is 0. The van der Waals surface area contributed by atoms with Gasteiger partial charge in [0.25, 0.3) is 0 Å². The van der Waals surface area contributed by atoms with Crippen LogP contribution in [0.5, 0.6) is 0 Å². The summed E-state index contributed by atoms with van der Waals surface area (Å²) in [5, 5.41) is 11.0. The Morgan fingerprint density at radius 3 is 2.45 bits per heavy atom. The fourth-order valence-corrected chi connectivity index (χ4v) is 0.798. The van der Waals surface area contributed by atoms with Crippen LogP contribution in [-0.2, 0) is 0 Å². The highest BCUT2D eigenvalue weighted by atomic mass is 16.4. The van der Waals surface area contributed by atoms with Crippen molar-refractivity contribution in [3.63, 3.8) is 0 Å². The number of nitrogens with zero attached hydrogens (tertiary/aromatic N) is 1. The minimum absolute atomic E-state index is 0.519. The van der Waals surface area contributed by atoms with Crippen LogP contribution in [0.4, 0.5) is 0 Å². The second-order valence-corrected chi connectivity index (χ2v) is 1.99. The van der Waals surface area contributed by atoms with E-state index in [9.17, 15) is 4.79 Å². The molecule has 0 saturated heterocycles. The molecule has 0 aliphatic rings. The molecule has 0 heterocycles. The Kier molecular flexibility index (Phi) is 2.38. The number of carbonyl (C=O) groups is 1. The number of hydrogen-bond acceptors (Lipinski definition) is 3. The van der Waals surface area contributed by atoms with Crippen LogP contribution in [0.25, 0.3) is 0 Å². The van der Waals surface area contributed by atoms with E-state index >= 15 is 0 Å². The van der Waals surface area contributed by atoms with E-state index in [1.54, 1.807) is 24.3 Å². The summed E-state index contributed by atoms with van der Waals surface area (Å²) in [6.45, 7) is 0. The van der Waals surface area contributed by atoms with E-state index in [2.05, 4.69) is 5.16 Å². The fourth-order valence-electron chi connectivity index (χ4n) is 0.798. The number of hydrogen-bond donors (Lipinski definition) is 1. The lowest BCUT2D eigenvalue weighted by Gasteiger charge is -1.93. The third kappa shape index (κ3) is 1.64. The number of carbonyl (C=O) groups excluding carboxylic acids is 1. The highest BCUT2D eigenvalue weighted by Gasteiger charge is 1.94. The van der Waals surface area contributed by atoms with Crippen LogP contribution in [0.1, 0.15) is 15.9 Å². The second-order valence-electron chi connectivity index (χ2n) is 1.99. The molecule has 0 spiro atoms. The predicted molar refractivity (Wildman–Crippen MR) is 41.2 cm³/mol. The third-order valence-electron chi connectivity index (χ3n) is 1.32. The summed E-state index contributed by atoms with van der Waals surface area (Å²) in [7, 11) is 0. The van der Waals surface area contributed by atoms with E-state index in [-0.39, 0.29) is 0 Å². The van der Waals surface area contributed by atoms with Crippen LogP contribution in [0.3, 0.4) is 0 Å². The number of benzene rings is 1. The summed E-state index contributed by atoms with van der Waals surface area (Å²) < 4.78 is 0. The molecule has 0 aliphatic heterocycles. The Morgan fingerprint density at radius 1 is 1.27 bits per heavy atom. The van der Waals surface area contributed by atoms with Crippen molar-refractivity contribution in [1.29, 1.82) is 0 Å². The molecule has 0 saturated carbocycles. The normalized spacial score (nSPS) is 10.2. The molecule has 56 valence electrons. The van der Waals surface area contributed by atoms with Crippen molar-refractivity contribution in [1.82, 2.24) is 0 Å². The third-order valence-corrected chi connectivity index (χ3v) is 1.32. The van der Waals surface area contributed by atoms with Crippen molar-refractivity contribution in [3.8, 4) is 0 Å². The molecule has 1 aromatic carbocycles. The zero-order chi connectivity index (χ0) is 8.10. The average Bonchev–Trinajstić information content (AvgIpc) is 2.06. The zero-order valence-electron chi connectivity index (χ0n) is 5.77. The predicted octanol–water partition coefficient (Wildman–Crippen LogP) is 1.31. The minimum atomic E-state index is 0.519. The van der Waals surface area contributed by atoms with Crippen molar-refractivity contribution in [2.45, 2.75) is 0 Å². The average molecular weight is 149 g/mol. The topological polar surface area (TPSA) is 49.7 Å². The largest absolute Gasteiger partial charge is 0.411 e. The van der Waals surface area contributed by atoms with Gasteiger partial charge < -0.3 is 5.21 Å². The van der Waals surface area contributed by atoms with Crippen molar-refractivity contribution >= 4 is 12.5 Å². The SMILES string of the molecule is O=Cc1ccccc1/C=N\O. The van der Waals surface area contributed by atoms with E-state index in [1.165, 1.54) is 6.21 Å². The molecule has 0 unspecified atom stereocenters. The van der Waals surface area contributed by atoms with Gasteiger partial charge in [-0.25, -0.2) is 0 Å². The summed E-state index contributed by atoms with van der Waals surface area (Å²) in [5.41, 5.74) is 1.13. The first-order valence-electron chi connectivity index (χ1n) is 3.10. The maximum absolute atomic E-state index is 10.4. The van der Waals surface area contributed by atoms with Crippen molar-refractivity contribution in [2.24, 2.45) is 5.16 Å².